The molecule has 0 saturated carbocycles. The number of nitro groups is 1. The molecule has 1 N–H and O–H groups in total. The zero-order valence-corrected chi connectivity index (χ0v) is 18.8. The molecule has 8 nitrogen and oxygen atoms in total. The fraction of sp³-hybridized carbons (Fsp3) is 0.167. The number of ether oxygens (including phenoxy) is 2. The summed E-state index contributed by atoms with van der Waals surface area (Å²) in [5, 5.41) is 13.8. The number of carbonyl (C=O) groups excluding carboxylic acids is 1. The predicted molar refractivity (Wildman–Crippen MR) is 128 cm³/mol. The zero-order valence-electron chi connectivity index (χ0n) is 18.1. The number of benzene rings is 3. The van der Waals surface area contributed by atoms with Gasteiger partial charge in [-0.3, -0.25) is 19.9 Å². The maximum Gasteiger partial charge on any atom is 0.269 e. The quantitative estimate of drug-likeness (QED) is 0.246. The largest absolute Gasteiger partial charge is 0.490 e. The van der Waals surface area contributed by atoms with E-state index in [-0.39, 0.29) is 29.0 Å². The van der Waals surface area contributed by atoms with Crippen molar-refractivity contribution in [3.8, 4) is 11.5 Å². The van der Waals surface area contributed by atoms with E-state index in [0.717, 1.165) is 5.56 Å². The van der Waals surface area contributed by atoms with E-state index in [1.807, 2.05) is 38.1 Å². The summed E-state index contributed by atoms with van der Waals surface area (Å²) < 4.78 is 11.3. The van der Waals surface area contributed by atoms with E-state index >= 15 is 0 Å². The molecule has 0 spiro atoms. The molecule has 1 amide bonds. The molecule has 0 saturated heterocycles. The Balaban J connectivity index is 1.71. The molecule has 3 rings (SSSR count). The maximum atomic E-state index is 12.3. The van der Waals surface area contributed by atoms with Gasteiger partial charge in [0.1, 0.15) is 0 Å². The molecule has 3 aromatic carbocycles. The molecule has 0 aliphatic heterocycles. The number of rotatable bonds is 9. The summed E-state index contributed by atoms with van der Waals surface area (Å²) in [6, 6.07) is 16.6. The lowest BCUT2D eigenvalue weighted by Crippen LogP contribution is -2.20. The third-order valence-electron chi connectivity index (χ3n) is 4.44. The van der Waals surface area contributed by atoms with Crippen LogP contribution in [0.3, 0.4) is 0 Å². The van der Waals surface area contributed by atoms with E-state index < -0.39 is 4.92 Å². The standard InChI is InChI=1S/C24H22ClN3O5/c1-3-32-22-13-17(14-26-18-8-10-20(11-9-18)28(30)31)12-21(25)24(22)33-15-23(29)27-19-6-4-16(2)5-7-19/h4-14H,3,15H2,1-2H3,(H,27,29). The molecule has 0 heterocycles. The molecule has 0 atom stereocenters. The molecular formula is C24H22ClN3O5. The number of aliphatic imine (C=N–C) groups is 1. The van der Waals surface area contributed by atoms with Crippen molar-refractivity contribution >= 4 is 40.8 Å². The van der Waals surface area contributed by atoms with E-state index in [9.17, 15) is 14.9 Å². The second-order valence-electron chi connectivity index (χ2n) is 7.00. The lowest BCUT2D eigenvalue weighted by molar-refractivity contribution is -0.384. The van der Waals surface area contributed by atoms with Crippen LogP contribution in [0.5, 0.6) is 11.5 Å². The highest BCUT2D eigenvalue weighted by molar-refractivity contribution is 6.32. The smallest absolute Gasteiger partial charge is 0.269 e. The van der Waals surface area contributed by atoms with Gasteiger partial charge in [-0.15, -0.1) is 0 Å². The van der Waals surface area contributed by atoms with Crippen molar-refractivity contribution < 1.29 is 19.2 Å². The molecule has 170 valence electrons. The second kappa shape index (κ2) is 11.1. The number of non-ortho nitro benzene ring substituents is 1. The molecule has 0 aliphatic carbocycles. The van der Waals surface area contributed by atoms with Crippen LogP contribution in [0.15, 0.2) is 65.7 Å². The van der Waals surface area contributed by atoms with E-state index in [0.29, 0.717) is 29.3 Å². The topological polar surface area (TPSA) is 103 Å². The van der Waals surface area contributed by atoms with E-state index in [1.54, 1.807) is 30.5 Å². The predicted octanol–water partition coefficient (Wildman–Crippen LogP) is 5.72. The van der Waals surface area contributed by atoms with Crippen LogP contribution in [0.4, 0.5) is 17.1 Å². The maximum absolute atomic E-state index is 12.3. The van der Waals surface area contributed by atoms with Crippen LogP contribution in [-0.4, -0.2) is 30.3 Å². The normalized spacial score (nSPS) is 10.8. The number of anilines is 1. The summed E-state index contributed by atoms with van der Waals surface area (Å²) in [7, 11) is 0. The Bertz CT molecular complexity index is 1160. The third kappa shape index (κ3) is 6.78. The van der Waals surface area contributed by atoms with Crippen LogP contribution < -0.4 is 14.8 Å². The van der Waals surface area contributed by atoms with E-state index in [2.05, 4.69) is 10.3 Å². The highest BCUT2D eigenvalue weighted by Crippen LogP contribution is 2.36. The van der Waals surface area contributed by atoms with Crippen LogP contribution >= 0.6 is 11.6 Å². The first-order valence-corrected chi connectivity index (χ1v) is 10.5. The number of carbonyl (C=O) groups is 1. The minimum atomic E-state index is -0.471. The van der Waals surface area contributed by atoms with Crippen molar-refractivity contribution in [2.24, 2.45) is 4.99 Å². The van der Waals surface area contributed by atoms with Gasteiger partial charge in [-0.25, -0.2) is 0 Å². The average Bonchev–Trinajstić information content (AvgIpc) is 2.79. The summed E-state index contributed by atoms with van der Waals surface area (Å²) in [6.45, 7) is 3.90. The lowest BCUT2D eigenvalue weighted by Gasteiger charge is -2.14. The van der Waals surface area contributed by atoms with Crippen LogP contribution in [0.2, 0.25) is 5.02 Å². The lowest BCUT2D eigenvalue weighted by atomic mass is 10.2. The van der Waals surface area contributed by atoms with Gasteiger partial charge in [-0.05, 0) is 55.8 Å². The van der Waals surface area contributed by atoms with Crippen molar-refractivity contribution in [1.82, 2.24) is 0 Å². The zero-order chi connectivity index (χ0) is 23.8. The fourth-order valence-corrected chi connectivity index (χ4v) is 3.12. The number of hydrogen-bond donors (Lipinski definition) is 1. The first kappa shape index (κ1) is 23.7. The van der Waals surface area contributed by atoms with Crippen molar-refractivity contribution in [2.45, 2.75) is 13.8 Å². The Labute approximate surface area is 196 Å². The highest BCUT2D eigenvalue weighted by Gasteiger charge is 2.14. The Kier molecular flexibility index (Phi) is 7.99. The van der Waals surface area contributed by atoms with Crippen molar-refractivity contribution in [1.29, 1.82) is 0 Å². The van der Waals surface area contributed by atoms with Crippen LogP contribution in [0.1, 0.15) is 18.1 Å². The fourth-order valence-electron chi connectivity index (χ4n) is 2.85. The Morgan fingerprint density at radius 3 is 2.45 bits per heavy atom. The van der Waals surface area contributed by atoms with Gasteiger partial charge >= 0.3 is 0 Å². The molecule has 0 fully saturated rings. The van der Waals surface area contributed by atoms with Crippen molar-refractivity contribution in [3.05, 3.63) is 86.9 Å². The summed E-state index contributed by atoms with van der Waals surface area (Å²) >= 11 is 6.40. The molecular weight excluding hydrogens is 446 g/mol. The minimum absolute atomic E-state index is 0.0106. The van der Waals surface area contributed by atoms with E-state index in [1.165, 1.54) is 12.1 Å². The molecule has 33 heavy (non-hydrogen) atoms. The molecule has 0 unspecified atom stereocenters. The van der Waals surface area contributed by atoms with Crippen LogP contribution in [0.25, 0.3) is 0 Å². The molecule has 3 aromatic rings. The summed E-state index contributed by atoms with van der Waals surface area (Å²) in [5.74, 6) is 0.296. The van der Waals surface area contributed by atoms with E-state index in [4.69, 9.17) is 21.1 Å². The van der Waals surface area contributed by atoms with Gasteiger partial charge in [0.25, 0.3) is 11.6 Å². The monoisotopic (exact) mass is 467 g/mol. The second-order valence-corrected chi connectivity index (χ2v) is 7.40. The average molecular weight is 468 g/mol. The number of amides is 1. The van der Waals surface area contributed by atoms with Gasteiger partial charge in [0.2, 0.25) is 0 Å². The SMILES string of the molecule is CCOc1cc(C=Nc2ccc([N+](=O)[O-])cc2)cc(Cl)c1OCC(=O)Nc1ccc(C)cc1. The van der Waals surface area contributed by atoms with Gasteiger partial charge in [0.15, 0.2) is 18.1 Å². The summed E-state index contributed by atoms with van der Waals surface area (Å²) in [4.78, 5) is 26.9. The highest BCUT2D eigenvalue weighted by atomic mass is 35.5. The number of halogens is 1. The van der Waals surface area contributed by atoms with Crippen molar-refractivity contribution in [3.63, 3.8) is 0 Å². The van der Waals surface area contributed by atoms with Gasteiger partial charge in [-0.1, -0.05) is 29.3 Å². The minimum Gasteiger partial charge on any atom is -0.490 e. The number of aryl methyl sites for hydroxylation is 1. The molecule has 0 radical (unpaired) electrons. The Morgan fingerprint density at radius 1 is 1.12 bits per heavy atom. The molecule has 0 bridgehead atoms. The summed E-state index contributed by atoms with van der Waals surface area (Å²) in [5.41, 5.74) is 2.93. The first-order valence-electron chi connectivity index (χ1n) is 10.1. The van der Waals surface area contributed by atoms with Crippen LogP contribution in [-0.2, 0) is 4.79 Å². The van der Waals surface area contributed by atoms with Gasteiger partial charge < -0.3 is 14.8 Å². The molecule has 0 aromatic heterocycles. The first-order chi connectivity index (χ1) is 15.9. The molecule has 9 heteroatoms. The van der Waals surface area contributed by atoms with Gasteiger partial charge in [0.05, 0.1) is 22.2 Å². The molecule has 0 aliphatic rings. The van der Waals surface area contributed by atoms with Crippen LogP contribution in [0, 0.1) is 17.0 Å². The number of nitrogens with one attached hydrogen (secondary N) is 1. The Hall–Kier alpha value is -3.91. The number of nitro benzene ring substituents is 1. The number of hydrogen-bond acceptors (Lipinski definition) is 6. The summed E-state index contributed by atoms with van der Waals surface area (Å²) in [6.07, 6.45) is 1.56. The van der Waals surface area contributed by atoms with Gasteiger partial charge in [0, 0.05) is 24.0 Å². The number of nitrogens with zero attached hydrogens (tertiary/aromatic N) is 2. The van der Waals surface area contributed by atoms with Crippen molar-refractivity contribution in [2.75, 3.05) is 18.5 Å². The Morgan fingerprint density at radius 2 is 1.82 bits per heavy atom. The van der Waals surface area contributed by atoms with Gasteiger partial charge in [-0.2, -0.15) is 0 Å². The third-order valence-corrected chi connectivity index (χ3v) is 4.72.